The minimum atomic E-state index is -0.261. The predicted molar refractivity (Wildman–Crippen MR) is 73.5 cm³/mol. The van der Waals surface area contributed by atoms with Gasteiger partial charge in [0.25, 0.3) is 0 Å². The number of rotatable bonds is 4. The van der Waals surface area contributed by atoms with Gasteiger partial charge in [-0.15, -0.1) is 22.9 Å². The van der Waals surface area contributed by atoms with Crippen molar-refractivity contribution in [1.29, 1.82) is 0 Å². The molecule has 0 saturated carbocycles. The topological polar surface area (TPSA) is 51.2 Å². The number of aromatic nitrogens is 1. The zero-order valence-corrected chi connectivity index (χ0v) is 11.2. The van der Waals surface area contributed by atoms with Crippen LogP contribution in [-0.2, 0) is 4.79 Å². The Kier molecular flexibility index (Phi) is 4.17. The quantitative estimate of drug-likeness (QED) is 0.877. The van der Waals surface area contributed by atoms with E-state index in [-0.39, 0.29) is 11.8 Å². The van der Waals surface area contributed by atoms with Crippen molar-refractivity contribution in [2.24, 2.45) is 0 Å². The molecule has 18 heavy (non-hydrogen) atoms. The third kappa shape index (κ3) is 3.00. The molecule has 0 unspecified atom stereocenters. The molecule has 0 radical (unpaired) electrons. The van der Waals surface area contributed by atoms with Crippen LogP contribution in [0.4, 0.5) is 5.13 Å². The highest BCUT2D eigenvalue weighted by Gasteiger charge is 2.07. The van der Waals surface area contributed by atoms with Gasteiger partial charge in [-0.05, 0) is 12.1 Å². The minimum Gasteiger partial charge on any atom is -0.497 e. The highest BCUT2D eigenvalue weighted by atomic mass is 35.5. The summed E-state index contributed by atoms with van der Waals surface area (Å²) in [6.07, 6.45) is 0. The fourth-order valence-electron chi connectivity index (χ4n) is 1.40. The van der Waals surface area contributed by atoms with Crippen LogP contribution in [0.3, 0.4) is 0 Å². The fraction of sp³-hybridized carbons (Fsp3) is 0.167. The van der Waals surface area contributed by atoms with Crippen molar-refractivity contribution in [1.82, 2.24) is 4.98 Å². The number of anilines is 1. The Balaban J connectivity index is 2.20. The van der Waals surface area contributed by atoms with E-state index >= 15 is 0 Å². The second-order valence-corrected chi connectivity index (χ2v) is 4.58. The van der Waals surface area contributed by atoms with Crippen LogP contribution in [0.2, 0.25) is 0 Å². The summed E-state index contributed by atoms with van der Waals surface area (Å²) in [5, 5.41) is 5.03. The number of alkyl halides is 1. The Morgan fingerprint density at radius 2 is 2.39 bits per heavy atom. The molecule has 0 saturated heterocycles. The first kappa shape index (κ1) is 12.9. The Morgan fingerprint density at radius 3 is 3.11 bits per heavy atom. The largest absolute Gasteiger partial charge is 0.497 e. The summed E-state index contributed by atoms with van der Waals surface area (Å²) < 4.78 is 5.15. The minimum absolute atomic E-state index is 0.0753. The second kappa shape index (κ2) is 5.84. The van der Waals surface area contributed by atoms with Gasteiger partial charge in [0.2, 0.25) is 5.91 Å². The lowest BCUT2D eigenvalue weighted by Crippen LogP contribution is -2.12. The zero-order valence-electron chi connectivity index (χ0n) is 9.64. The molecule has 0 aliphatic carbocycles. The first-order valence-corrected chi connectivity index (χ1v) is 6.60. The summed E-state index contributed by atoms with van der Waals surface area (Å²) in [6.45, 7) is 0. The monoisotopic (exact) mass is 282 g/mol. The first-order valence-electron chi connectivity index (χ1n) is 5.18. The molecule has 2 aromatic rings. The van der Waals surface area contributed by atoms with E-state index < -0.39 is 0 Å². The molecule has 1 aromatic heterocycles. The van der Waals surface area contributed by atoms with Crippen molar-refractivity contribution in [3.05, 3.63) is 29.6 Å². The predicted octanol–water partition coefficient (Wildman–Crippen LogP) is 3.00. The SMILES string of the molecule is COc1cccc(-c2csc(NC(=O)CCl)n2)c1. The first-order chi connectivity index (χ1) is 8.72. The van der Waals surface area contributed by atoms with E-state index in [1.54, 1.807) is 7.11 Å². The Hall–Kier alpha value is -1.59. The molecule has 0 atom stereocenters. The number of methoxy groups -OCH3 is 1. The lowest BCUT2D eigenvalue weighted by molar-refractivity contribution is -0.113. The average molecular weight is 283 g/mol. The Morgan fingerprint density at radius 1 is 1.56 bits per heavy atom. The number of hydrogen-bond donors (Lipinski definition) is 1. The molecular weight excluding hydrogens is 272 g/mol. The third-order valence-electron chi connectivity index (χ3n) is 2.24. The van der Waals surface area contributed by atoms with Crippen LogP contribution >= 0.6 is 22.9 Å². The van der Waals surface area contributed by atoms with Gasteiger partial charge in [-0.3, -0.25) is 4.79 Å². The van der Waals surface area contributed by atoms with Crippen molar-refractivity contribution in [2.45, 2.75) is 0 Å². The van der Waals surface area contributed by atoms with Crippen LogP contribution < -0.4 is 10.1 Å². The molecule has 1 N–H and O–H groups in total. The standard InChI is InChI=1S/C12H11ClN2O2S/c1-17-9-4-2-3-8(5-9)10-7-18-12(14-10)15-11(16)6-13/h2-5,7H,6H2,1H3,(H,14,15,16). The molecule has 1 amide bonds. The van der Waals surface area contributed by atoms with Gasteiger partial charge >= 0.3 is 0 Å². The molecule has 6 heteroatoms. The van der Waals surface area contributed by atoms with Crippen molar-refractivity contribution in [3.63, 3.8) is 0 Å². The number of nitrogens with one attached hydrogen (secondary N) is 1. The van der Waals surface area contributed by atoms with Crippen LogP contribution in [0.1, 0.15) is 0 Å². The highest BCUT2D eigenvalue weighted by molar-refractivity contribution is 7.14. The fourth-order valence-corrected chi connectivity index (χ4v) is 2.20. The lowest BCUT2D eigenvalue weighted by atomic mass is 10.2. The summed E-state index contributed by atoms with van der Waals surface area (Å²) in [6, 6.07) is 7.59. The maximum atomic E-state index is 11.1. The van der Waals surface area contributed by atoms with Gasteiger partial charge in [-0.25, -0.2) is 4.98 Å². The normalized spacial score (nSPS) is 10.1. The van der Waals surface area contributed by atoms with Crippen molar-refractivity contribution in [3.8, 4) is 17.0 Å². The lowest BCUT2D eigenvalue weighted by Gasteiger charge is -2.01. The van der Waals surface area contributed by atoms with Gasteiger partial charge in [-0.2, -0.15) is 0 Å². The number of nitrogens with zero attached hydrogens (tertiary/aromatic N) is 1. The number of benzene rings is 1. The van der Waals surface area contributed by atoms with E-state index in [9.17, 15) is 4.79 Å². The molecule has 0 bridgehead atoms. The van der Waals surface area contributed by atoms with Gasteiger partial charge in [0.15, 0.2) is 5.13 Å². The van der Waals surface area contributed by atoms with Crippen molar-refractivity contribution < 1.29 is 9.53 Å². The van der Waals surface area contributed by atoms with Crippen LogP contribution in [0.25, 0.3) is 11.3 Å². The molecule has 0 aliphatic rings. The van der Waals surface area contributed by atoms with E-state index in [4.69, 9.17) is 16.3 Å². The zero-order chi connectivity index (χ0) is 13.0. The van der Waals surface area contributed by atoms with E-state index in [0.29, 0.717) is 5.13 Å². The number of carbonyl (C=O) groups excluding carboxylic acids is 1. The molecular formula is C12H11ClN2O2S. The molecule has 1 aromatic carbocycles. The number of halogens is 1. The summed E-state index contributed by atoms with van der Waals surface area (Å²) in [4.78, 5) is 15.4. The molecule has 0 spiro atoms. The Bertz CT molecular complexity index is 557. The van der Waals surface area contributed by atoms with E-state index in [2.05, 4.69) is 10.3 Å². The van der Waals surface area contributed by atoms with Crippen molar-refractivity contribution >= 4 is 34.0 Å². The van der Waals surface area contributed by atoms with Gasteiger partial charge in [-0.1, -0.05) is 12.1 Å². The second-order valence-electron chi connectivity index (χ2n) is 3.45. The molecule has 2 rings (SSSR count). The van der Waals surface area contributed by atoms with Crippen LogP contribution in [0, 0.1) is 0 Å². The number of carbonyl (C=O) groups is 1. The molecule has 4 nitrogen and oxygen atoms in total. The van der Waals surface area contributed by atoms with Crippen molar-refractivity contribution in [2.75, 3.05) is 18.3 Å². The van der Waals surface area contributed by atoms with Gasteiger partial charge in [0.1, 0.15) is 11.6 Å². The molecule has 94 valence electrons. The molecule has 1 heterocycles. The van der Waals surface area contributed by atoms with Gasteiger partial charge in [0.05, 0.1) is 12.8 Å². The van der Waals surface area contributed by atoms with Crippen LogP contribution in [-0.4, -0.2) is 23.9 Å². The molecule has 0 fully saturated rings. The smallest absolute Gasteiger partial charge is 0.241 e. The van der Waals surface area contributed by atoms with E-state index in [1.165, 1.54) is 11.3 Å². The van der Waals surface area contributed by atoms with E-state index in [0.717, 1.165) is 17.0 Å². The average Bonchev–Trinajstić information content (AvgIpc) is 2.87. The van der Waals surface area contributed by atoms with Crippen LogP contribution in [0.15, 0.2) is 29.6 Å². The maximum Gasteiger partial charge on any atom is 0.241 e. The van der Waals surface area contributed by atoms with E-state index in [1.807, 2.05) is 29.6 Å². The summed E-state index contributed by atoms with van der Waals surface area (Å²) >= 11 is 6.77. The van der Waals surface area contributed by atoms with Gasteiger partial charge in [0, 0.05) is 10.9 Å². The highest BCUT2D eigenvalue weighted by Crippen LogP contribution is 2.27. The number of amides is 1. The summed E-state index contributed by atoms with van der Waals surface area (Å²) in [5.41, 5.74) is 1.74. The third-order valence-corrected chi connectivity index (χ3v) is 3.24. The summed E-state index contributed by atoms with van der Waals surface area (Å²) in [7, 11) is 1.62. The number of hydrogen-bond acceptors (Lipinski definition) is 4. The maximum absolute atomic E-state index is 11.1. The number of ether oxygens (including phenoxy) is 1. The Labute approximate surface area is 114 Å². The van der Waals surface area contributed by atoms with Crippen LogP contribution in [0.5, 0.6) is 5.75 Å². The molecule has 0 aliphatic heterocycles. The van der Waals surface area contributed by atoms with Gasteiger partial charge < -0.3 is 10.1 Å². The summed E-state index contributed by atoms with van der Waals surface area (Å²) in [5.74, 6) is 0.434. The number of thiazole rings is 1.